The van der Waals surface area contributed by atoms with Gasteiger partial charge in [-0.05, 0) is 52.9 Å². The number of epoxide rings is 1. The number of ether oxygens (including phenoxy) is 2. The molecule has 0 aliphatic carbocycles. The summed E-state index contributed by atoms with van der Waals surface area (Å²) in [5, 5.41) is 0. The molecule has 0 radical (unpaired) electrons. The van der Waals surface area contributed by atoms with E-state index in [0.29, 0.717) is 12.2 Å². The molecule has 0 bridgehead atoms. The van der Waals surface area contributed by atoms with Crippen molar-refractivity contribution in [3.05, 3.63) is 28.2 Å². The van der Waals surface area contributed by atoms with Crippen molar-refractivity contribution in [1.29, 1.82) is 0 Å². The van der Waals surface area contributed by atoms with Gasteiger partial charge in [0.05, 0.1) is 23.8 Å². The fraction of sp³-hybridized carbons (Fsp3) is 0.538. The number of benzene rings is 1. The Balaban J connectivity index is 1.88. The van der Waals surface area contributed by atoms with E-state index in [9.17, 15) is 0 Å². The molecule has 2 rings (SSSR count). The number of halogens is 1. The molecule has 16 heavy (non-hydrogen) atoms. The van der Waals surface area contributed by atoms with Gasteiger partial charge in [-0.15, -0.1) is 0 Å². The molecule has 1 aliphatic heterocycles. The van der Waals surface area contributed by atoms with Crippen molar-refractivity contribution in [3.8, 4) is 5.75 Å². The lowest BCUT2D eigenvalue weighted by Gasteiger charge is -2.05. The SMILES string of the molecule is CCC1OC1CCc1ccc(OC)c(Br)c1. The monoisotopic (exact) mass is 284 g/mol. The summed E-state index contributed by atoms with van der Waals surface area (Å²) in [6, 6.07) is 6.25. The van der Waals surface area contributed by atoms with Crippen molar-refractivity contribution >= 4 is 15.9 Å². The van der Waals surface area contributed by atoms with Crippen LogP contribution in [0.1, 0.15) is 25.3 Å². The molecule has 1 fully saturated rings. The Morgan fingerprint density at radius 1 is 1.38 bits per heavy atom. The summed E-state index contributed by atoms with van der Waals surface area (Å²) in [7, 11) is 1.68. The molecule has 0 saturated carbocycles. The van der Waals surface area contributed by atoms with Gasteiger partial charge in [0.1, 0.15) is 5.75 Å². The van der Waals surface area contributed by atoms with Crippen LogP contribution in [0, 0.1) is 0 Å². The van der Waals surface area contributed by atoms with E-state index < -0.39 is 0 Å². The largest absolute Gasteiger partial charge is 0.496 e. The molecule has 2 nitrogen and oxygen atoms in total. The van der Waals surface area contributed by atoms with E-state index in [1.807, 2.05) is 6.07 Å². The van der Waals surface area contributed by atoms with Gasteiger partial charge in [-0.25, -0.2) is 0 Å². The van der Waals surface area contributed by atoms with Crippen molar-refractivity contribution in [1.82, 2.24) is 0 Å². The standard InChI is InChI=1S/C13H17BrO2/c1-3-11-13(16-11)7-5-9-4-6-12(15-2)10(14)8-9/h4,6,8,11,13H,3,5,7H2,1-2H3. The highest BCUT2D eigenvalue weighted by atomic mass is 79.9. The van der Waals surface area contributed by atoms with Crippen LogP contribution in [0.4, 0.5) is 0 Å². The zero-order valence-corrected chi connectivity index (χ0v) is 11.3. The van der Waals surface area contributed by atoms with Crippen molar-refractivity contribution in [2.24, 2.45) is 0 Å². The first-order valence-electron chi connectivity index (χ1n) is 5.72. The normalized spacial score (nSPS) is 23.2. The van der Waals surface area contributed by atoms with Crippen LogP contribution in [-0.2, 0) is 11.2 Å². The van der Waals surface area contributed by atoms with E-state index in [-0.39, 0.29) is 0 Å². The first-order chi connectivity index (χ1) is 7.74. The van der Waals surface area contributed by atoms with Crippen LogP contribution in [0.5, 0.6) is 5.75 Å². The van der Waals surface area contributed by atoms with Crippen molar-refractivity contribution in [2.45, 2.75) is 38.4 Å². The van der Waals surface area contributed by atoms with Crippen LogP contribution in [0.15, 0.2) is 22.7 Å². The average molecular weight is 285 g/mol. The predicted octanol–water partition coefficient (Wildman–Crippen LogP) is 3.57. The molecule has 0 aromatic heterocycles. The van der Waals surface area contributed by atoms with E-state index >= 15 is 0 Å². The maximum atomic E-state index is 5.53. The lowest BCUT2D eigenvalue weighted by molar-refractivity contribution is 0.359. The van der Waals surface area contributed by atoms with Crippen LogP contribution < -0.4 is 4.74 Å². The number of hydrogen-bond donors (Lipinski definition) is 0. The lowest BCUT2D eigenvalue weighted by atomic mass is 10.1. The first-order valence-corrected chi connectivity index (χ1v) is 6.51. The molecule has 0 amide bonds. The van der Waals surface area contributed by atoms with Gasteiger partial charge in [-0.2, -0.15) is 0 Å². The highest BCUT2D eigenvalue weighted by Crippen LogP contribution is 2.31. The molecular weight excluding hydrogens is 268 g/mol. The van der Waals surface area contributed by atoms with Crippen molar-refractivity contribution in [3.63, 3.8) is 0 Å². The second-order valence-corrected chi connectivity index (χ2v) is 4.98. The summed E-state index contributed by atoms with van der Waals surface area (Å²) >= 11 is 3.50. The summed E-state index contributed by atoms with van der Waals surface area (Å²) in [5.41, 5.74) is 1.33. The van der Waals surface area contributed by atoms with Gasteiger partial charge >= 0.3 is 0 Å². The molecule has 3 heteroatoms. The second-order valence-electron chi connectivity index (χ2n) is 4.13. The predicted molar refractivity (Wildman–Crippen MR) is 68.0 cm³/mol. The quantitative estimate of drug-likeness (QED) is 0.771. The molecule has 1 saturated heterocycles. The number of methoxy groups -OCH3 is 1. The third kappa shape index (κ3) is 2.77. The topological polar surface area (TPSA) is 21.8 Å². The lowest BCUT2D eigenvalue weighted by Crippen LogP contribution is -1.96. The fourth-order valence-corrected chi connectivity index (χ4v) is 2.55. The van der Waals surface area contributed by atoms with Crippen LogP contribution >= 0.6 is 15.9 Å². The minimum absolute atomic E-state index is 0.492. The van der Waals surface area contributed by atoms with Gasteiger partial charge in [-0.1, -0.05) is 13.0 Å². The second kappa shape index (κ2) is 5.19. The Labute approximate surface area is 105 Å². The Morgan fingerprint density at radius 3 is 2.75 bits per heavy atom. The molecule has 2 unspecified atom stereocenters. The fourth-order valence-electron chi connectivity index (χ4n) is 1.97. The Morgan fingerprint density at radius 2 is 2.19 bits per heavy atom. The third-order valence-electron chi connectivity index (χ3n) is 3.02. The molecule has 88 valence electrons. The van der Waals surface area contributed by atoms with Crippen molar-refractivity contribution in [2.75, 3.05) is 7.11 Å². The molecule has 1 aromatic rings. The van der Waals surface area contributed by atoms with Gasteiger partial charge in [0, 0.05) is 0 Å². The molecule has 2 atom stereocenters. The van der Waals surface area contributed by atoms with E-state index in [0.717, 1.165) is 29.5 Å². The Kier molecular flexibility index (Phi) is 3.87. The summed E-state index contributed by atoms with van der Waals surface area (Å²) in [6.07, 6.45) is 4.34. The first kappa shape index (κ1) is 11.9. The maximum Gasteiger partial charge on any atom is 0.133 e. The maximum absolute atomic E-state index is 5.53. The van der Waals surface area contributed by atoms with E-state index in [1.165, 1.54) is 5.56 Å². The number of aryl methyl sites for hydroxylation is 1. The molecule has 1 aromatic carbocycles. The molecule has 1 heterocycles. The summed E-state index contributed by atoms with van der Waals surface area (Å²) in [6.45, 7) is 2.18. The van der Waals surface area contributed by atoms with Crippen LogP contribution in [0.2, 0.25) is 0 Å². The Bertz CT molecular complexity index is 365. The third-order valence-corrected chi connectivity index (χ3v) is 3.64. The zero-order valence-electron chi connectivity index (χ0n) is 9.70. The highest BCUT2D eigenvalue weighted by Gasteiger charge is 2.35. The highest BCUT2D eigenvalue weighted by molar-refractivity contribution is 9.10. The minimum Gasteiger partial charge on any atom is -0.496 e. The van der Waals surface area contributed by atoms with E-state index in [1.54, 1.807) is 7.11 Å². The Hall–Kier alpha value is -0.540. The van der Waals surface area contributed by atoms with E-state index in [2.05, 4.69) is 35.0 Å². The van der Waals surface area contributed by atoms with Crippen molar-refractivity contribution < 1.29 is 9.47 Å². The molecule has 1 aliphatic rings. The summed E-state index contributed by atoms with van der Waals surface area (Å²) in [5.74, 6) is 0.887. The molecule has 0 N–H and O–H groups in total. The van der Waals surface area contributed by atoms with Gasteiger partial charge in [0.15, 0.2) is 0 Å². The number of hydrogen-bond acceptors (Lipinski definition) is 2. The smallest absolute Gasteiger partial charge is 0.133 e. The van der Waals surface area contributed by atoms with Gasteiger partial charge in [-0.3, -0.25) is 0 Å². The van der Waals surface area contributed by atoms with Gasteiger partial charge < -0.3 is 9.47 Å². The van der Waals surface area contributed by atoms with E-state index in [4.69, 9.17) is 9.47 Å². The summed E-state index contributed by atoms with van der Waals surface area (Å²) in [4.78, 5) is 0. The number of rotatable bonds is 5. The zero-order chi connectivity index (χ0) is 11.5. The molecule has 0 spiro atoms. The van der Waals surface area contributed by atoms with Crippen LogP contribution in [0.3, 0.4) is 0 Å². The van der Waals surface area contributed by atoms with Crippen LogP contribution in [0.25, 0.3) is 0 Å². The summed E-state index contributed by atoms with van der Waals surface area (Å²) < 4.78 is 11.8. The van der Waals surface area contributed by atoms with Gasteiger partial charge in [0.25, 0.3) is 0 Å². The van der Waals surface area contributed by atoms with Crippen LogP contribution in [-0.4, -0.2) is 19.3 Å². The minimum atomic E-state index is 0.492. The van der Waals surface area contributed by atoms with Gasteiger partial charge in [0.2, 0.25) is 0 Å². The molecular formula is C13H17BrO2. The average Bonchev–Trinajstić information content (AvgIpc) is 3.05.